The van der Waals surface area contributed by atoms with Crippen molar-refractivity contribution in [3.8, 4) is 5.75 Å². The molecule has 0 spiro atoms. The molecule has 1 amide bonds. The lowest BCUT2D eigenvalue weighted by Gasteiger charge is -2.32. The number of carbonyl (C=O) groups is 1. The van der Waals surface area contributed by atoms with Gasteiger partial charge < -0.3 is 14.4 Å². The van der Waals surface area contributed by atoms with Gasteiger partial charge in [0.25, 0.3) is 5.91 Å². The van der Waals surface area contributed by atoms with E-state index in [1.165, 1.54) is 5.56 Å². The highest BCUT2D eigenvalue weighted by Crippen LogP contribution is 2.25. The van der Waals surface area contributed by atoms with Gasteiger partial charge in [0.05, 0.1) is 19.8 Å². The number of methoxy groups -OCH3 is 1. The number of hydrogen-bond acceptors (Lipinski definition) is 3. The molecule has 150 valence electrons. The van der Waals surface area contributed by atoms with Gasteiger partial charge in [0.15, 0.2) is 0 Å². The first-order chi connectivity index (χ1) is 13.6. The molecule has 1 saturated heterocycles. The van der Waals surface area contributed by atoms with E-state index >= 15 is 0 Å². The van der Waals surface area contributed by atoms with Gasteiger partial charge in [-0.05, 0) is 62.8 Å². The van der Waals surface area contributed by atoms with Crippen LogP contribution in [0, 0.1) is 5.92 Å². The van der Waals surface area contributed by atoms with E-state index in [4.69, 9.17) is 9.47 Å². The number of nitrogens with zero attached hydrogens (tertiary/aromatic N) is 1. The van der Waals surface area contributed by atoms with Gasteiger partial charge in [0, 0.05) is 24.2 Å². The number of piperidine rings is 1. The van der Waals surface area contributed by atoms with E-state index < -0.39 is 0 Å². The predicted octanol–water partition coefficient (Wildman–Crippen LogP) is 4.72. The largest absolute Gasteiger partial charge is 0.496 e. The van der Waals surface area contributed by atoms with Crippen LogP contribution in [0.2, 0.25) is 0 Å². The molecular formula is C24H31NO3. The summed E-state index contributed by atoms with van der Waals surface area (Å²) in [4.78, 5) is 15.0. The van der Waals surface area contributed by atoms with Gasteiger partial charge in [-0.3, -0.25) is 4.79 Å². The Balaban J connectivity index is 1.60. The number of hydrogen-bond donors (Lipinski definition) is 0. The summed E-state index contributed by atoms with van der Waals surface area (Å²) in [7, 11) is 1.65. The van der Waals surface area contributed by atoms with Crippen LogP contribution in [0.15, 0.2) is 48.5 Å². The summed E-state index contributed by atoms with van der Waals surface area (Å²) in [5, 5.41) is 0. The lowest BCUT2D eigenvalue weighted by atomic mass is 9.90. The van der Waals surface area contributed by atoms with Crippen LogP contribution >= 0.6 is 0 Å². The zero-order valence-electron chi connectivity index (χ0n) is 17.2. The molecule has 28 heavy (non-hydrogen) atoms. The first-order valence-corrected chi connectivity index (χ1v) is 10.2. The number of likely N-dealkylation sites (tertiary alicyclic amines) is 1. The van der Waals surface area contributed by atoms with E-state index in [2.05, 4.69) is 30.3 Å². The lowest BCUT2D eigenvalue weighted by molar-refractivity contribution is 0.0640. The maximum Gasteiger partial charge on any atom is 0.253 e. The second-order valence-electron chi connectivity index (χ2n) is 7.81. The monoisotopic (exact) mass is 381 g/mol. The molecule has 1 fully saturated rings. The van der Waals surface area contributed by atoms with Gasteiger partial charge in [-0.15, -0.1) is 0 Å². The second-order valence-corrected chi connectivity index (χ2v) is 7.81. The molecule has 0 aromatic heterocycles. The number of amides is 1. The molecule has 0 unspecified atom stereocenters. The Morgan fingerprint density at radius 2 is 1.82 bits per heavy atom. The highest BCUT2D eigenvalue weighted by Gasteiger charge is 2.24. The molecule has 4 heteroatoms. The van der Waals surface area contributed by atoms with Gasteiger partial charge in [-0.2, -0.15) is 0 Å². The van der Waals surface area contributed by atoms with Crippen molar-refractivity contribution in [2.24, 2.45) is 5.92 Å². The summed E-state index contributed by atoms with van der Waals surface area (Å²) in [6, 6.07) is 16.3. The summed E-state index contributed by atoms with van der Waals surface area (Å²) in [5.74, 6) is 1.52. The van der Waals surface area contributed by atoms with Crippen LogP contribution in [0.1, 0.15) is 48.2 Å². The number of rotatable bonds is 7. The normalized spacial score (nSPS) is 15.1. The molecule has 1 aliphatic heterocycles. The lowest BCUT2D eigenvalue weighted by Crippen LogP contribution is -2.39. The van der Waals surface area contributed by atoms with E-state index in [0.29, 0.717) is 18.1 Å². The molecule has 1 heterocycles. The third kappa shape index (κ3) is 5.35. The van der Waals surface area contributed by atoms with E-state index in [1.807, 2.05) is 36.9 Å². The van der Waals surface area contributed by atoms with Crippen LogP contribution in [0.4, 0.5) is 0 Å². The zero-order valence-corrected chi connectivity index (χ0v) is 17.2. The summed E-state index contributed by atoms with van der Waals surface area (Å²) in [6.07, 6.45) is 3.34. The molecule has 0 saturated carbocycles. The van der Waals surface area contributed by atoms with Crippen molar-refractivity contribution in [1.82, 2.24) is 4.90 Å². The standard InChI is InChI=1S/C24H31NO3/c1-18(2)28-17-22-16-21(9-10-23(22)27-3)24(26)25-13-11-20(12-14-25)15-19-7-5-4-6-8-19/h4-10,16,18,20H,11-15,17H2,1-3H3. The molecule has 3 rings (SSSR count). The van der Waals surface area contributed by atoms with E-state index in [9.17, 15) is 4.79 Å². The quantitative estimate of drug-likeness (QED) is 0.697. The summed E-state index contributed by atoms with van der Waals surface area (Å²) in [5.41, 5.74) is 3.02. The Labute approximate surface area is 168 Å². The molecule has 0 N–H and O–H groups in total. The van der Waals surface area contributed by atoms with Crippen molar-refractivity contribution in [3.05, 3.63) is 65.2 Å². The highest BCUT2D eigenvalue weighted by molar-refractivity contribution is 5.94. The first kappa shape index (κ1) is 20.4. The van der Waals surface area contributed by atoms with Gasteiger partial charge in [-0.1, -0.05) is 30.3 Å². The van der Waals surface area contributed by atoms with Gasteiger partial charge in [-0.25, -0.2) is 0 Å². The molecule has 0 bridgehead atoms. The molecule has 2 aromatic rings. The van der Waals surface area contributed by atoms with Crippen LogP contribution < -0.4 is 4.74 Å². The Bertz CT molecular complexity index is 765. The fraction of sp³-hybridized carbons (Fsp3) is 0.458. The Kier molecular flexibility index (Phi) is 7.10. The van der Waals surface area contributed by atoms with Crippen molar-refractivity contribution < 1.29 is 14.3 Å². The minimum atomic E-state index is 0.103. The van der Waals surface area contributed by atoms with Gasteiger partial charge >= 0.3 is 0 Å². The topological polar surface area (TPSA) is 38.8 Å². The molecular weight excluding hydrogens is 350 g/mol. The van der Waals surface area contributed by atoms with E-state index in [0.717, 1.165) is 43.7 Å². The average molecular weight is 382 g/mol. The summed E-state index contributed by atoms with van der Waals surface area (Å²) < 4.78 is 11.1. The van der Waals surface area contributed by atoms with Crippen molar-refractivity contribution >= 4 is 5.91 Å². The van der Waals surface area contributed by atoms with Crippen molar-refractivity contribution in [3.63, 3.8) is 0 Å². The fourth-order valence-corrected chi connectivity index (χ4v) is 3.75. The van der Waals surface area contributed by atoms with Crippen LogP contribution in [-0.4, -0.2) is 37.1 Å². The molecule has 2 aromatic carbocycles. The Morgan fingerprint density at radius 1 is 1.11 bits per heavy atom. The van der Waals surface area contributed by atoms with Crippen LogP contribution in [-0.2, 0) is 17.8 Å². The van der Waals surface area contributed by atoms with Crippen molar-refractivity contribution in [2.45, 2.75) is 45.8 Å². The van der Waals surface area contributed by atoms with Crippen LogP contribution in [0.5, 0.6) is 5.75 Å². The SMILES string of the molecule is COc1ccc(C(=O)N2CCC(Cc3ccccc3)CC2)cc1COC(C)C. The molecule has 0 aliphatic carbocycles. The number of ether oxygens (including phenoxy) is 2. The van der Waals surface area contributed by atoms with E-state index in [1.54, 1.807) is 7.11 Å². The van der Waals surface area contributed by atoms with Crippen molar-refractivity contribution in [1.29, 1.82) is 0 Å². The minimum absolute atomic E-state index is 0.103. The number of benzene rings is 2. The van der Waals surface area contributed by atoms with Crippen LogP contribution in [0.3, 0.4) is 0 Å². The molecule has 1 aliphatic rings. The summed E-state index contributed by atoms with van der Waals surface area (Å²) >= 11 is 0. The summed E-state index contributed by atoms with van der Waals surface area (Å²) in [6.45, 7) is 6.09. The highest BCUT2D eigenvalue weighted by atomic mass is 16.5. The van der Waals surface area contributed by atoms with Crippen molar-refractivity contribution in [2.75, 3.05) is 20.2 Å². The minimum Gasteiger partial charge on any atom is -0.496 e. The molecule has 0 radical (unpaired) electrons. The molecule has 0 atom stereocenters. The van der Waals surface area contributed by atoms with Gasteiger partial charge in [0.2, 0.25) is 0 Å². The molecule has 4 nitrogen and oxygen atoms in total. The third-order valence-corrected chi connectivity index (χ3v) is 5.37. The third-order valence-electron chi connectivity index (χ3n) is 5.37. The number of carbonyl (C=O) groups excluding carboxylic acids is 1. The second kappa shape index (κ2) is 9.74. The zero-order chi connectivity index (χ0) is 19.9. The Hall–Kier alpha value is -2.33. The smallest absolute Gasteiger partial charge is 0.253 e. The average Bonchev–Trinajstić information content (AvgIpc) is 2.73. The maximum absolute atomic E-state index is 13.0. The van der Waals surface area contributed by atoms with E-state index in [-0.39, 0.29) is 12.0 Å². The fourth-order valence-electron chi connectivity index (χ4n) is 3.75. The Morgan fingerprint density at radius 3 is 2.46 bits per heavy atom. The maximum atomic E-state index is 13.0. The first-order valence-electron chi connectivity index (χ1n) is 10.2. The van der Waals surface area contributed by atoms with Crippen LogP contribution in [0.25, 0.3) is 0 Å². The van der Waals surface area contributed by atoms with Gasteiger partial charge in [0.1, 0.15) is 5.75 Å². The predicted molar refractivity (Wildman–Crippen MR) is 112 cm³/mol.